The van der Waals surface area contributed by atoms with E-state index in [1.54, 1.807) is 26.0 Å². The van der Waals surface area contributed by atoms with E-state index >= 15 is 0 Å². The summed E-state index contributed by atoms with van der Waals surface area (Å²) in [6.07, 6.45) is 0.885. The molecule has 0 aliphatic carbocycles. The van der Waals surface area contributed by atoms with Crippen LogP contribution in [0.2, 0.25) is 0 Å². The minimum atomic E-state index is -3.42. The van der Waals surface area contributed by atoms with Crippen LogP contribution in [0.25, 0.3) is 0 Å². The molecule has 146 valence electrons. The summed E-state index contributed by atoms with van der Waals surface area (Å²) in [6.45, 7) is 3.85. The number of nitrogen functional groups attached to an aromatic ring is 1. The van der Waals surface area contributed by atoms with Crippen molar-refractivity contribution < 1.29 is 13.2 Å². The molecule has 1 amide bonds. The van der Waals surface area contributed by atoms with Gasteiger partial charge in [-0.05, 0) is 43.0 Å². The molecule has 4 N–H and O–H groups in total. The number of carbonyl (C=O) groups is 1. The van der Waals surface area contributed by atoms with Crippen molar-refractivity contribution in [3.63, 3.8) is 0 Å². The van der Waals surface area contributed by atoms with E-state index in [1.807, 2.05) is 36.4 Å². The molecule has 2 aromatic carbocycles. The third-order valence-corrected chi connectivity index (χ3v) is 5.55. The number of hydrogen-bond donors (Lipinski definition) is 3. The van der Waals surface area contributed by atoms with E-state index in [0.717, 1.165) is 11.1 Å². The highest BCUT2D eigenvalue weighted by Crippen LogP contribution is 2.14. The van der Waals surface area contributed by atoms with Gasteiger partial charge in [0.2, 0.25) is 15.9 Å². The molecular weight excluding hydrogens is 362 g/mol. The highest BCUT2D eigenvalue weighted by molar-refractivity contribution is 7.88. The molecule has 0 saturated heterocycles. The summed E-state index contributed by atoms with van der Waals surface area (Å²) in [7, 11) is -3.42. The average Bonchev–Trinajstić information content (AvgIpc) is 2.59. The topological polar surface area (TPSA) is 101 Å². The van der Waals surface area contributed by atoms with E-state index in [9.17, 15) is 13.2 Å². The Morgan fingerprint density at radius 1 is 1.00 bits per heavy atom. The lowest BCUT2D eigenvalue weighted by atomic mass is 10.1. The molecule has 0 unspecified atom stereocenters. The number of anilines is 1. The van der Waals surface area contributed by atoms with E-state index in [4.69, 9.17) is 5.73 Å². The molecular formula is C20H27N3O3S. The number of carbonyl (C=O) groups excluding carboxylic acids is 1. The van der Waals surface area contributed by atoms with Crippen molar-refractivity contribution in [1.82, 2.24) is 10.0 Å². The molecule has 0 radical (unpaired) electrons. The van der Waals surface area contributed by atoms with Gasteiger partial charge in [0.15, 0.2) is 0 Å². The Kier molecular flexibility index (Phi) is 7.38. The molecule has 2 rings (SSSR count). The van der Waals surface area contributed by atoms with Crippen molar-refractivity contribution in [3.8, 4) is 0 Å². The standard InChI is InChI=1S/C20H27N3O3S/c1-15(2)23-27(25,26)14-18-9-4-3-8-17(18)13-22-20(24)12-11-16-7-5-6-10-19(16)21/h3-10,15,23H,11-14,21H2,1-2H3,(H,22,24). The van der Waals surface area contributed by atoms with E-state index in [0.29, 0.717) is 24.1 Å². The van der Waals surface area contributed by atoms with Crippen LogP contribution in [0.5, 0.6) is 0 Å². The van der Waals surface area contributed by atoms with Crippen LogP contribution in [0.3, 0.4) is 0 Å². The normalized spacial score (nSPS) is 11.5. The zero-order valence-corrected chi connectivity index (χ0v) is 16.6. The van der Waals surface area contributed by atoms with Gasteiger partial charge in [-0.25, -0.2) is 13.1 Å². The third kappa shape index (κ3) is 7.03. The second kappa shape index (κ2) is 9.53. The quantitative estimate of drug-likeness (QED) is 0.573. The van der Waals surface area contributed by atoms with E-state index in [-0.39, 0.29) is 24.2 Å². The van der Waals surface area contributed by atoms with Gasteiger partial charge in [0.25, 0.3) is 0 Å². The number of nitrogens with one attached hydrogen (secondary N) is 2. The van der Waals surface area contributed by atoms with Gasteiger partial charge in [0, 0.05) is 24.7 Å². The molecule has 0 aromatic heterocycles. The summed E-state index contributed by atoms with van der Waals surface area (Å²) < 4.78 is 26.9. The first-order valence-electron chi connectivity index (χ1n) is 8.93. The number of rotatable bonds is 9. The van der Waals surface area contributed by atoms with Gasteiger partial charge in [0.1, 0.15) is 0 Å². The summed E-state index contributed by atoms with van der Waals surface area (Å²) >= 11 is 0. The van der Waals surface area contributed by atoms with Gasteiger partial charge >= 0.3 is 0 Å². The number of aryl methyl sites for hydroxylation is 1. The smallest absolute Gasteiger partial charge is 0.220 e. The fourth-order valence-corrected chi connectivity index (χ4v) is 4.26. The highest BCUT2D eigenvalue weighted by atomic mass is 32.2. The molecule has 7 heteroatoms. The SMILES string of the molecule is CC(C)NS(=O)(=O)Cc1ccccc1CNC(=O)CCc1ccccc1N. The molecule has 0 heterocycles. The summed E-state index contributed by atoms with van der Waals surface area (Å²) in [5.41, 5.74) is 8.98. The lowest BCUT2D eigenvalue weighted by Gasteiger charge is -2.13. The maximum Gasteiger partial charge on any atom is 0.220 e. The Morgan fingerprint density at radius 3 is 2.22 bits per heavy atom. The molecule has 0 saturated carbocycles. The summed E-state index contributed by atoms with van der Waals surface area (Å²) in [5, 5.41) is 2.86. The Balaban J connectivity index is 1.94. The van der Waals surface area contributed by atoms with Gasteiger partial charge in [-0.3, -0.25) is 4.79 Å². The molecule has 6 nitrogen and oxygen atoms in total. The van der Waals surface area contributed by atoms with Gasteiger partial charge in [-0.1, -0.05) is 42.5 Å². The Hall–Kier alpha value is -2.38. The molecule has 27 heavy (non-hydrogen) atoms. The van der Waals surface area contributed by atoms with Crippen LogP contribution in [0.15, 0.2) is 48.5 Å². The zero-order chi connectivity index (χ0) is 19.9. The molecule has 0 atom stereocenters. The van der Waals surface area contributed by atoms with Crippen molar-refractivity contribution in [2.75, 3.05) is 5.73 Å². The van der Waals surface area contributed by atoms with Crippen molar-refractivity contribution >= 4 is 21.6 Å². The van der Waals surface area contributed by atoms with Gasteiger partial charge < -0.3 is 11.1 Å². The Bertz CT molecular complexity index is 880. The minimum absolute atomic E-state index is 0.101. The first-order valence-corrected chi connectivity index (χ1v) is 10.6. The predicted octanol–water partition coefficient (Wildman–Crippen LogP) is 2.35. The molecule has 0 aliphatic heterocycles. The maximum atomic E-state index is 12.2. The van der Waals surface area contributed by atoms with Crippen molar-refractivity contribution in [2.24, 2.45) is 0 Å². The second-order valence-electron chi connectivity index (χ2n) is 6.78. The van der Waals surface area contributed by atoms with Gasteiger partial charge in [-0.15, -0.1) is 0 Å². The largest absolute Gasteiger partial charge is 0.399 e. The van der Waals surface area contributed by atoms with Crippen LogP contribution in [0.4, 0.5) is 5.69 Å². The minimum Gasteiger partial charge on any atom is -0.399 e. The lowest BCUT2D eigenvalue weighted by molar-refractivity contribution is -0.121. The fourth-order valence-electron chi connectivity index (χ4n) is 2.77. The van der Waals surface area contributed by atoms with Crippen LogP contribution >= 0.6 is 0 Å². The van der Waals surface area contributed by atoms with Crippen LogP contribution in [-0.4, -0.2) is 20.4 Å². The zero-order valence-electron chi connectivity index (χ0n) is 15.7. The number of para-hydroxylation sites is 1. The second-order valence-corrected chi connectivity index (χ2v) is 8.53. The highest BCUT2D eigenvalue weighted by Gasteiger charge is 2.15. The van der Waals surface area contributed by atoms with Crippen molar-refractivity contribution in [3.05, 3.63) is 65.2 Å². The summed E-state index contributed by atoms with van der Waals surface area (Å²) in [4.78, 5) is 12.2. The molecule has 0 fully saturated rings. The van der Waals surface area contributed by atoms with E-state index in [1.165, 1.54) is 0 Å². The van der Waals surface area contributed by atoms with Crippen LogP contribution in [0.1, 0.15) is 37.0 Å². The summed E-state index contributed by atoms with van der Waals surface area (Å²) in [6, 6.07) is 14.5. The Labute approximate surface area is 161 Å². The van der Waals surface area contributed by atoms with E-state index in [2.05, 4.69) is 10.0 Å². The molecule has 0 bridgehead atoms. The number of benzene rings is 2. The third-order valence-electron chi connectivity index (χ3n) is 4.03. The van der Waals surface area contributed by atoms with Crippen molar-refractivity contribution in [2.45, 2.75) is 45.0 Å². The molecule has 0 aliphatic rings. The average molecular weight is 390 g/mol. The van der Waals surface area contributed by atoms with Crippen LogP contribution < -0.4 is 15.8 Å². The number of amides is 1. The summed E-state index contributed by atoms with van der Waals surface area (Å²) in [5.74, 6) is -0.214. The van der Waals surface area contributed by atoms with E-state index < -0.39 is 10.0 Å². The van der Waals surface area contributed by atoms with Gasteiger partial charge in [0.05, 0.1) is 5.75 Å². The number of hydrogen-bond acceptors (Lipinski definition) is 4. The lowest BCUT2D eigenvalue weighted by Crippen LogP contribution is -2.32. The van der Waals surface area contributed by atoms with Crippen LogP contribution in [-0.2, 0) is 33.5 Å². The first-order chi connectivity index (χ1) is 12.8. The number of sulfonamides is 1. The Morgan fingerprint density at radius 2 is 1.59 bits per heavy atom. The van der Waals surface area contributed by atoms with Crippen molar-refractivity contribution in [1.29, 1.82) is 0 Å². The maximum absolute atomic E-state index is 12.2. The van der Waals surface area contributed by atoms with Crippen LogP contribution in [0, 0.1) is 0 Å². The number of nitrogens with two attached hydrogens (primary N) is 1. The molecule has 2 aromatic rings. The van der Waals surface area contributed by atoms with Gasteiger partial charge in [-0.2, -0.15) is 0 Å². The predicted molar refractivity (Wildman–Crippen MR) is 108 cm³/mol. The molecule has 0 spiro atoms. The monoisotopic (exact) mass is 389 g/mol. The fraction of sp³-hybridized carbons (Fsp3) is 0.350. The first kappa shape index (κ1) is 20.9.